The van der Waals surface area contributed by atoms with Crippen LogP contribution >= 0.6 is 0 Å². The van der Waals surface area contributed by atoms with E-state index in [2.05, 4.69) is 43.5 Å². The van der Waals surface area contributed by atoms with Crippen molar-refractivity contribution in [2.45, 2.75) is 328 Å². The molecule has 0 saturated carbocycles. The zero-order valence-electron chi connectivity index (χ0n) is 43.7. The van der Waals surface area contributed by atoms with E-state index in [9.17, 15) is 19.8 Å². The molecule has 0 aliphatic carbocycles. The van der Waals surface area contributed by atoms with E-state index in [1.165, 1.54) is 231 Å². The predicted molar refractivity (Wildman–Crippen MR) is 283 cm³/mol. The molecule has 65 heavy (non-hydrogen) atoms. The number of aliphatic hydroxyl groups is 2. The molecular formula is C59H113NO5. The summed E-state index contributed by atoms with van der Waals surface area (Å²) in [5.74, 6) is -0.0366. The first-order valence-electron chi connectivity index (χ1n) is 29.1. The Kier molecular flexibility index (Phi) is 53.5. The molecule has 0 aromatic heterocycles. The maximum atomic E-state index is 12.4. The van der Waals surface area contributed by atoms with E-state index in [1.54, 1.807) is 0 Å². The Balaban J connectivity index is 3.36. The van der Waals surface area contributed by atoms with Crippen molar-refractivity contribution in [1.82, 2.24) is 5.32 Å². The fourth-order valence-electron chi connectivity index (χ4n) is 9.02. The van der Waals surface area contributed by atoms with Gasteiger partial charge in [0.05, 0.1) is 25.4 Å². The molecule has 0 aliphatic rings. The van der Waals surface area contributed by atoms with Crippen LogP contribution in [0.4, 0.5) is 0 Å². The molecule has 6 nitrogen and oxygen atoms in total. The Morgan fingerprint density at radius 1 is 0.431 bits per heavy atom. The molecule has 384 valence electrons. The lowest BCUT2D eigenvalue weighted by Gasteiger charge is -2.22. The third-order valence-electron chi connectivity index (χ3n) is 13.5. The molecule has 0 fully saturated rings. The lowest BCUT2D eigenvalue weighted by atomic mass is 10.0. The number of nitrogens with one attached hydrogen (secondary N) is 1. The fourth-order valence-corrected chi connectivity index (χ4v) is 9.02. The highest BCUT2D eigenvalue weighted by molar-refractivity contribution is 5.76. The SMILES string of the molecule is CCCCCC/C=C\C/C=C\CCCCCCCC(=O)OCCCCCCCCCCCCCCCCCCCCCCCCC(=O)NC(CO)C(O)CCCCCCCCCCCC. The van der Waals surface area contributed by atoms with Gasteiger partial charge in [0.1, 0.15) is 0 Å². The summed E-state index contributed by atoms with van der Waals surface area (Å²) in [6, 6.07) is -0.540. The van der Waals surface area contributed by atoms with Gasteiger partial charge >= 0.3 is 5.97 Å². The summed E-state index contributed by atoms with van der Waals surface area (Å²) in [7, 11) is 0. The van der Waals surface area contributed by atoms with Crippen LogP contribution in [0.25, 0.3) is 0 Å². The van der Waals surface area contributed by atoms with Crippen molar-refractivity contribution in [1.29, 1.82) is 0 Å². The van der Waals surface area contributed by atoms with E-state index < -0.39 is 12.1 Å². The van der Waals surface area contributed by atoms with Crippen LogP contribution in [0.1, 0.15) is 316 Å². The van der Waals surface area contributed by atoms with Gasteiger partial charge in [0.15, 0.2) is 0 Å². The Hall–Kier alpha value is -1.66. The zero-order valence-corrected chi connectivity index (χ0v) is 43.7. The molecule has 0 spiro atoms. The van der Waals surface area contributed by atoms with E-state index in [1.807, 2.05) is 0 Å². The standard InChI is InChI=1S/C59H113NO5/c1-3-5-7-9-11-13-15-16-17-27-30-33-37-41-45-49-53-59(64)65-54-50-46-42-38-34-31-28-25-23-21-19-18-20-22-24-26-29-32-36-40-44-48-52-58(63)60-56(55-61)57(62)51-47-43-39-35-14-12-10-8-6-4-2/h13,15,17,27,56-57,61-62H,3-12,14,16,18-26,28-55H2,1-2H3,(H,60,63)/b15-13-,27-17-. The van der Waals surface area contributed by atoms with E-state index in [0.717, 1.165) is 51.4 Å². The third-order valence-corrected chi connectivity index (χ3v) is 13.5. The van der Waals surface area contributed by atoms with Crippen LogP contribution in [0.5, 0.6) is 0 Å². The minimum Gasteiger partial charge on any atom is -0.466 e. The maximum absolute atomic E-state index is 12.4. The minimum atomic E-state index is -0.662. The minimum absolute atomic E-state index is 0.000184. The third kappa shape index (κ3) is 51.6. The van der Waals surface area contributed by atoms with Crippen LogP contribution in [0.15, 0.2) is 24.3 Å². The first-order valence-corrected chi connectivity index (χ1v) is 29.1. The van der Waals surface area contributed by atoms with Gasteiger partial charge in [-0.25, -0.2) is 0 Å². The Morgan fingerprint density at radius 2 is 0.769 bits per heavy atom. The Labute approximate surface area is 405 Å². The predicted octanol–water partition coefficient (Wildman–Crippen LogP) is 17.9. The number of rotatable bonds is 54. The average Bonchev–Trinajstić information content (AvgIpc) is 3.31. The number of carbonyl (C=O) groups is 2. The lowest BCUT2D eigenvalue weighted by molar-refractivity contribution is -0.143. The summed E-state index contributed by atoms with van der Waals surface area (Å²) < 4.78 is 5.48. The fraction of sp³-hybridized carbons (Fsp3) is 0.898. The Morgan fingerprint density at radius 3 is 1.18 bits per heavy atom. The van der Waals surface area contributed by atoms with E-state index >= 15 is 0 Å². The maximum Gasteiger partial charge on any atom is 0.305 e. The molecule has 1 amide bonds. The van der Waals surface area contributed by atoms with Crippen molar-refractivity contribution in [2.75, 3.05) is 13.2 Å². The second kappa shape index (κ2) is 54.9. The highest BCUT2D eigenvalue weighted by Gasteiger charge is 2.20. The highest BCUT2D eigenvalue weighted by Crippen LogP contribution is 2.17. The first-order chi connectivity index (χ1) is 32.0. The number of ether oxygens (including phenoxy) is 1. The van der Waals surface area contributed by atoms with Gasteiger partial charge in [0.2, 0.25) is 5.91 Å². The summed E-state index contributed by atoms with van der Waals surface area (Å²) in [5, 5.41) is 23.1. The second-order valence-corrected chi connectivity index (χ2v) is 20.0. The average molecular weight is 917 g/mol. The first kappa shape index (κ1) is 63.3. The number of esters is 1. The Bertz CT molecular complexity index is 1010. The number of hydrogen-bond donors (Lipinski definition) is 3. The van der Waals surface area contributed by atoms with Crippen LogP contribution in [0, 0.1) is 0 Å². The molecule has 6 heteroatoms. The van der Waals surface area contributed by atoms with E-state index in [4.69, 9.17) is 4.74 Å². The topological polar surface area (TPSA) is 95.9 Å². The zero-order chi connectivity index (χ0) is 47.2. The summed E-state index contributed by atoms with van der Waals surface area (Å²) in [4.78, 5) is 24.5. The van der Waals surface area contributed by atoms with Gasteiger partial charge in [-0.3, -0.25) is 9.59 Å². The quantitative estimate of drug-likeness (QED) is 0.0321. The number of amides is 1. The molecule has 0 heterocycles. The molecule has 0 bridgehead atoms. The van der Waals surface area contributed by atoms with Gasteiger partial charge in [-0.15, -0.1) is 0 Å². The summed E-state index contributed by atoms with van der Waals surface area (Å²) in [5.41, 5.74) is 0. The number of aliphatic hydroxyl groups excluding tert-OH is 2. The molecule has 0 saturated heterocycles. The number of allylic oxidation sites excluding steroid dienone is 4. The molecular weight excluding hydrogens is 803 g/mol. The molecule has 2 unspecified atom stereocenters. The second-order valence-electron chi connectivity index (χ2n) is 20.0. The number of hydrogen-bond acceptors (Lipinski definition) is 5. The van der Waals surface area contributed by atoms with Crippen molar-refractivity contribution in [3.8, 4) is 0 Å². The van der Waals surface area contributed by atoms with Crippen LogP contribution in [-0.4, -0.2) is 47.4 Å². The van der Waals surface area contributed by atoms with Gasteiger partial charge in [-0.2, -0.15) is 0 Å². The molecule has 3 N–H and O–H groups in total. The summed E-state index contributed by atoms with van der Waals surface area (Å²) in [6.07, 6.45) is 66.1. The number of carbonyl (C=O) groups excluding carboxylic acids is 2. The van der Waals surface area contributed by atoms with Crippen molar-refractivity contribution in [3.05, 3.63) is 24.3 Å². The molecule has 0 radical (unpaired) electrons. The smallest absolute Gasteiger partial charge is 0.305 e. The van der Waals surface area contributed by atoms with Gasteiger partial charge in [0, 0.05) is 12.8 Å². The van der Waals surface area contributed by atoms with Gasteiger partial charge in [-0.05, 0) is 57.8 Å². The lowest BCUT2D eigenvalue weighted by Crippen LogP contribution is -2.45. The van der Waals surface area contributed by atoms with Crippen LogP contribution < -0.4 is 5.32 Å². The summed E-state index contributed by atoms with van der Waals surface area (Å²) >= 11 is 0. The van der Waals surface area contributed by atoms with Crippen molar-refractivity contribution >= 4 is 11.9 Å². The normalized spacial score (nSPS) is 12.7. The summed E-state index contributed by atoms with van der Waals surface area (Å²) in [6.45, 7) is 4.92. The molecule has 0 aromatic rings. The van der Waals surface area contributed by atoms with Gasteiger partial charge < -0.3 is 20.3 Å². The van der Waals surface area contributed by atoms with Gasteiger partial charge in [0.25, 0.3) is 0 Å². The van der Waals surface area contributed by atoms with Gasteiger partial charge in [-0.1, -0.05) is 269 Å². The number of unbranched alkanes of at least 4 members (excludes halogenated alkanes) is 39. The van der Waals surface area contributed by atoms with Crippen LogP contribution in [0.3, 0.4) is 0 Å². The largest absolute Gasteiger partial charge is 0.466 e. The van der Waals surface area contributed by atoms with E-state index in [0.29, 0.717) is 25.9 Å². The highest BCUT2D eigenvalue weighted by atomic mass is 16.5. The van der Waals surface area contributed by atoms with Crippen molar-refractivity contribution < 1.29 is 24.5 Å². The molecule has 0 aliphatic heterocycles. The van der Waals surface area contributed by atoms with Crippen LogP contribution in [0.2, 0.25) is 0 Å². The van der Waals surface area contributed by atoms with E-state index in [-0.39, 0.29) is 18.5 Å². The van der Waals surface area contributed by atoms with Crippen molar-refractivity contribution in [2.24, 2.45) is 0 Å². The van der Waals surface area contributed by atoms with Crippen LogP contribution in [-0.2, 0) is 14.3 Å². The molecule has 0 aromatic carbocycles. The van der Waals surface area contributed by atoms with Crippen molar-refractivity contribution in [3.63, 3.8) is 0 Å². The monoisotopic (exact) mass is 916 g/mol. The molecule has 2 atom stereocenters. The molecule has 0 rings (SSSR count).